The van der Waals surface area contributed by atoms with Gasteiger partial charge >= 0.3 is 12.2 Å². The third-order valence-electron chi connectivity index (χ3n) is 11.6. The minimum Gasteiger partial charge on any atom is -0.444 e. The van der Waals surface area contributed by atoms with Gasteiger partial charge in [-0.1, -0.05) is 97.8 Å². The molecule has 5 heterocycles. The van der Waals surface area contributed by atoms with Crippen molar-refractivity contribution in [3.8, 4) is 0 Å². The van der Waals surface area contributed by atoms with E-state index in [1.54, 1.807) is 18.2 Å². The first kappa shape index (κ1) is 36.7. The van der Waals surface area contributed by atoms with Crippen LogP contribution in [-0.2, 0) is 38.7 Å². The van der Waals surface area contributed by atoms with E-state index in [4.69, 9.17) is 14.5 Å². The first-order chi connectivity index (χ1) is 29.3. The maximum atomic E-state index is 14.4. The molecule has 0 amide bonds. The standard InChI is InChI=1S/C46H32N4O7S3/c51-38-27-16-8-7-15-26(27)19-30(38)47-33-20-31-41(58-33)43-36(49(31)45(54)56-22-24-11-3-1-4-12-24)37-44(60-43)42-32(50(37)46(55)57-23-25-13-5-2-6-14-25)21-34(59-42)48-35-39(52)28-17-9-10-18-29(28)40(35)53/h1-8,11-16,20-21,28-29H,9-10,17-19,22-23H2. The van der Waals surface area contributed by atoms with Gasteiger partial charge < -0.3 is 9.47 Å². The van der Waals surface area contributed by atoms with Gasteiger partial charge in [0.25, 0.3) is 0 Å². The third kappa shape index (κ3) is 5.92. The van der Waals surface area contributed by atoms with E-state index in [0.29, 0.717) is 72.0 Å². The van der Waals surface area contributed by atoms with Crippen LogP contribution < -0.4 is 0 Å². The molecule has 2 atom stereocenters. The SMILES string of the molecule is O=C1C(=Nc2cc3c(s2)c2sc4c5sc(N=C6C(=O)C7CCCCC7C6=O)cc5n(C(=O)OCc5ccccc5)c4c2n3C(=O)OCc2ccccc2)Cc2ccccc21. The summed E-state index contributed by atoms with van der Waals surface area (Å²) in [5, 5.41) is 0.975. The van der Waals surface area contributed by atoms with Gasteiger partial charge in [0, 0.05) is 23.8 Å². The summed E-state index contributed by atoms with van der Waals surface area (Å²) in [6.45, 7) is 0.0128. The molecule has 2 saturated carbocycles. The van der Waals surface area contributed by atoms with E-state index in [0.717, 1.165) is 38.9 Å². The van der Waals surface area contributed by atoms with Gasteiger partial charge in [0.15, 0.2) is 17.3 Å². The number of carbonyl (C=O) groups excluding carboxylic acids is 5. The molecule has 5 aromatic heterocycles. The van der Waals surface area contributed by atoms with E-state index in [1.165, 1.54) is 43.1 Å². The highest BCUT2D eigenvalue weighted by Gasteiger charge is 2.47. The molecule has 3 aliphatic rings. The lowest BCUT2D eigenvalue weighted by molar-refractivity contribution is -0.120. The van der Waals surface area contributed by atoms with Gasteiger partial charge in [-0.05, 0) is 41.7 Å². The van der Waals surface area contributed by atoms with Crippen molar-refractivity contribution in [1.82, 2.24) is 9.13 Å². The van der Waals surface area contributed by atoms with Crippen LogP contribution >= 0.6 is 34.0 Å². The first-order valence-electron chi connectivity index (χ1n) is 19.7. The molecule has 0 aliphatic heterocycles. The molecule has 60 heavy (non-hydrogen) atoms. The van der Waals surface area contributed by atoms with Crippen molar-refractivity contribution in [3.63, 3.8) is 0 Å². The predicted molar refractivity (Wildman–Crippen MR) is 234 cm³/mol. The van der Waals surface area contributed by atoms with Gasteiger partial charge in [0.05, 0.1) is 46.6 Å². The molecule has 296 valence electrons. The lowest BCUT2D eigenvalue weighted by Crippen LogP contribution is -2.21. The fraction of sp³-hybridized carbons (Fsp3) is 0.196. The Bertz CT molecular complexity index is 3170. The van der Waals surface area contributed by atoms with Crippen LogP contribution in [0.2, 0.25) is 0 Å². The van der Waals surface area contributed by atoms with E-state index in [9.17, 15) is 24.0 Å². The summed E-state index contributed by atoms with van der Waals surface area (Å²) in [6, 6.07) is 29.7. The second-order valence-corrected chi connectivity index (χ2v) is 18.3. The molecule has 0 N–H and O–H groups in total. The van der Waals surface area contributed by atoms with E-state index in [1.807, 2.05) is 78.9 Å². The number of aliphatic imine (C=N–C) groups is 2. The van der Waals surface area contributed by atoms with E-state index < -0.39 is 12.2 Å². The highest BCUT2D eigenvalue weighted by molar-refractivity contribution is 7.35. The van der Waals surface area contributed by atoms with Gasteiger partial charge in [-0.3, -0.25) is 14.4 Å². The minimum absolute atomic E-state index is 0.000695. The number of Topliss-reactive ketones (excluding diaryl/α,β-unsaturated/α-hetero) is 3. The molecule has 0 spiro atoms. The Hall–Kier alpha value is -6.35. The van der Waals surface area contributed by atoms with Crippen molar-refractivity contribution >= 4 is 126 Å². The Morgan fingerprint density at radius 2 is 1.12 bits per heavy atom. The second-order valence-electron chi connectivity index (χ2n) is 15.2. The summed E-state index contributed by atoms with van der Waals surface area (Å²) >= 11 is 4.04. The number of aromatic nitrogens is 2. The topological polar surface area (TPSA) is 138 Å². The average Bonchev–Trinajstić information content (AvgIpc) is 4.14. The van der Waals surface area contributed by atoms with Crippen LogP contribution in [0.25, 0.3) is 40.9 Å². The van der Waals surface area contributed by atoms with Gasteiger partial charge in [-0.25, -0.2) is 28.7 Å². The molecule has 3 aliphatic carbocycles. The van der Waals surface area contributed by atoms with E-state index in [-0.39, 0.29) is 48.1 Å². The quantitative estimate of drug-likeness (QED) is 0.162. The fourth-order valence-electron chi connectivity index (χ4n) is 8.82. The zero-order valence-electron chi connectivity index (χ0n) is 31.7. The number of fused-ring (bicyclic) bond motifs is 9. The number of nitrogens with zero attached hydrogens (tertiary/aromatic N) is 4. The molecule has 14 heteroatoms. The largest absolute Gasteiger partial charge is 0.444 e. The average molecular weight is 849 g/mol. The molecule has 0 saturated heterocycles. The van der Waals surface area contributed by atoms with Crippen LogP contribution in [0.4, 0.5) is 19.6 Å². The number of carbonyl (C=O) groups is 5. The number of hydrogen-bond acceptors (Lipinski definition) is 12. The minimum atomic E-state index is -0.672. The molecule has 3 aromatic carbocycles. The molecule has 11 nitrogen and oxygen atoms in total. The number of benzene rings is 3. The summed E-state index contributed by atoms with van der Waals surface area (Å²) in [6.07, 6.45) is 2.29. The number of hydrogen-bond donors (Lipinski definition) is 0. The van der Waals surface area contributed by atoms with Crippen LogP contribution in [0, 0.1) is 11.8 Å². The third-order valence-corrected chi connectivity index (χ3v) is 15.2. The molecular formula is C46H32N4O7S3. The Balaban J connectivity index is 1.09. The van der Waals surface area contributed by atoms with Crippen molar-refractivity contribution < 1.29 is 33.4 Å². The number of ketones is 3. The predicted octanol–water partition coefficient (Wildman–Crippen LogP) is 11.0. The first-order valence-corrected chi connectivity index (χ1v) is 22.1. The van der Waals surface area contributed by atoms with Crippen LogP contribution in [0.3, 0.4) is 0 Å². The zero-order valence-corrected chi connectivity index (χ0v) is 34.2. The fourth-order valence-corrected chi connectivity index (χ4v) is 12.4. The number of ether oxygens (including phenoxy) is 2. The lowest BCUT2D eigenvalue weighted by Gasteiger charge is -2.20. The monoisotopic (exact) mass is 848 g/mol. The summed E-state index contributed by atoms with van der Waals surface area (Å²) in [7, 11) is 0. The van der Waals surface area contributed by atoms with Crippen LogP contribution in [0.5, 0.6) is 0 Å². The summed E-state index contributed by atoms with van der Waals surface area (Å²) < 4.78 is 17.7. The van der Waals surface area contributed by atoms with Crippen LogP contribution in [0.1, 0.15) is 52.7 Å². The Morgan fingerprint density at radius 1 is 0.617 bits per heavy atom. The molecule has 8 aromatic rings. The highest BCUT2D eigenvalue weighted by Crippen LogP contribution is 2.51. The van der Waals surface area contributed by atoms with Gasteiger partial charge in [0.1, 0.15) is 23.2 Å². The van der Waals surface area contributed by atoms with Gasteiger partial charge in [0.2, 0.25) is 5.78 Å². The summed E-state index contributed by atoms with van der Waals surface area (Å²) in [4.78, 5) is 78.6. The summed E-state index contributed by atoms with van der Waals surface area (Å²) in [5.74, 6) is -1.17. The highest BCUT2D eigenvalue weighted by atomic mass is 32.1. The molecular weight excluding hydrogens is 817 g/mol. The maximum absolute atomic E-state index is 14.4. The van der Waals surface area contributed by atoms with Crippen molar-refractivity contribution in [1.29, 1.82) is 0 Å². The van der Waals surface area contributed by atoms with Crippen molar-refractivity contribution in [2.75, 3.05) is 0 Å². The van der Waals surface area contributed by atoms with Gasteiger partial charge in [-0.2, -0.15) is 0 Å². The molecule has 0 bridgehead atoms. The van der Waals surface area contributed by atoms with Crippen molar-refractivity contribution in [2.45, 2.75) is 45.3 Å². The smallest absolute Gasteiger partial charge is 0.419 e. The molecule has 2 unspecified atom stereocenters. The molecule has 11 rings (SSSR count). The summed E-state index contributed by atoms with van der Waals surface area (Å²) in [5.41, 5.74) is 5.50. The maximum Gasteiger partial charge on any atom is 0.419 e. The molecule has 2 fully saturated rings. The zero-order chi connectivity index (χ0) is 40.6. The van der Waals surface area contributed by atoms with Crippen LogP contribution in [-0.4, -0.2) is 50.1 Å². The van der Waals surface area contributed by atoms with Crippen LogP contribution in [0.15, 0.2) is 107 Å². The van der Waals surface area contributed by atoms with Crippen molar-refractivity contribution in [2.24, 2.45) is 21.8 Å². The Kier molecular flexibility index (Phi) is 8.83. The number of thiophene rings is 3. The van der Waals surface area contributed by atoms with E-state index in [2.05, 4.69) is 4.99 Å². The normalized spacial score (nSPS) is 18.4. The lowest BCUT2D eigenvalue weighted by atomic mass is 9.81. The second kappa shape index (κ2) is 14.4. The Morgan fingerprint density at radius 3 is 1.65 bits per heavy atom. The molecule has 0 radical (unpaired) electrons. The number of rotatable bonds is 6. The van der Waals surface area contributed by atoms with Crippen molar-refractivity contribution in [3.05, 3.63) is 119 Å². The van der Waals surface area contributed by atoms with E-state index >= 15 is 0 Å². The Labute approximate surface area is 353 Å². The van der Waals surface area contributed by atoms with Gasteiger partial charge in [-0.15, -0.1) is 34.0 Å².